The summed E-state index contributed by atoms with van der Waals surface area (Å²) in [7, 11) is 0. The second-order valence-electron chi connectivity index (χ2n) is 9.20. The first-order valence-corrected chi connectivity index (χ1v) is 12.9. The summed E-state index contributed by atoms with van der Waals surface area (Å²) < 4.78 is 15.9. The first-order chi connectivity index (χ1) is 16.0. The van der Waals surface area contributed by atoms with Crippen LogP contribution in [0.2, 0.25) is 5.15 Å². The van der Waals surface area contributed by atoms with Gasteiger partial charge >= 0.3 is 0 Å². The van der Waals surface area contributed by atoms with Crippen molar-refractivity contribution in [1.29, 1.82) is 0 Å². The Bertz CT molecular complexity index is 981. The average Bonchev–Trinajstić information content (AvgIpc) is 3.25. The Hall–Kier alpha value is -2.14. The monoisotopic (exact) mass is 472 g/mol. The topological polar surface area (TPSA) is 34.0 Å². The number of aromatic nitrogens is 3. The van der Waals surface area contributed by atoms with Gasteiger partial charge in [-0.25, -0.2) is 14.4 Å². The quantitative estimate of drug-likeness (QED) is 0.245. The van der Waals surface area contributed by atoms with Crippen LogP contribution in [0.3, 0.4) is 0 Å². The standard InChI is InChI=1S/C15H18FN.C12H20ClN3/c1-11-5-7-12(8-6-11)17-10-9-13-14(16)3-2-4-15(13)17;1-3-5-6-8-16(7-4-2)12-9-11(13)14-10-15-12/h2-4,9-12H,5-8H2,1H3;9-10H,3-8H2,1-2H3. The van der Waals surface area contributed by atoms with E-state index < -0.39 is 0 Å². The van der Waals surface area contributed by atoms with Crippen molar-refractivity contribution < 1.29 is 4.39 Å². The molecule has 4 rings (SSSR count). The first kappa shape index (κ1) is 25.5. The zero-order valence-corrected chi connectivity index (χ0v) is 21.1. The molecule has 180 valence electrons. The van der Waals surface area contributed by atoms with Gasteiger partial charge in [-0.15, -0.1) is 0 Å². The van der Waals surface area contributed by atoms with Gasteiger partial charge in [-0.05, 0) is 62.6 Å². The van der Waals surface area contributed by atoms with E-state index in [1.165, 1.54) is 57.3 Å². The lowest BCUT2D eigenvalue weighted by atomic mass is 9.87. The van der Waals surface area contributed by atoms with Gasteiger partial charge in [-0.3, -0.25) is 0 Å². The Morgan fingerprint density at radius 2 is 1.82 bits per heavy atom. The fourth-order valence-corrected chi connectivity index (χ4v) is 4.79. The minimum Gasteiger partial charge on any atom is -0.356 e. The second kappa shape index (κ2) is 12.9. The molecule has 0 N–H and O–H groups in total. The van der Waals surface area contributed by atoms with E-state index in [9.17, 15) is 4.39 Å². The fraction of sp³-hybridized carbons (Fsp3) is 0.556. The van der Waals surface area contributed by atoms with E-state index in [4.69, 9.17) is 11.6 Å². The Morgan fingerprint density at radius 1 is 1.03 bits per heavy atom. The van der Waals surface area contributed by atoms with Crippen LogP contribution in [0.15, 0.2) is 42.9 Å². The number of benzene rings is 1. The van der Waals surface area contributed by atoms with E-state index >= 15 is 0 Å². The maximum absolute atomic E-state index is 13.6. The molecule has 3 aromatic rings. The van der Waals surface area contributed by atoms with Crippen LogP contribution in [-0.4, -0.2) is 27.6 Å². The number of halogens is 2. The maximum Gasteiger partial charge on any atom is 0.134 e. The average molecular weight is 473 g/mol. The number of hydrogen-bond acceptors (Lipinski definition) is 3. The smallest absolute Gasteiger partial charge is 0.134 e. The van der Waals surface area contributed by atoms with Gasteiger partial charge in [-0.1, -0.05) is 51.3 Å². The summed E-state index contributed by atoms with van der Waals surface area (Å²) in [5, 5.41) is 1.27. The fourth-order valence-electron chi connectivity index (χ4n) is 4.65. The minimum absolute atomic E-state index is 0.106. The van der Waals surface area contributed by atoms with E-state index in [0.717, 1.165) is 42.1 Å². The molecule has 6 heteroatoms. The minimum atomic E-state index is -0.106. The van der Waals surface area contributed by atoms with Crippen LogP contribution in [0.1, 0.15) is 78.2 Å². The van der Waals surface area contributed by atoms with E-state index in [1.807, 2.05) is 18.2 Å². The predicted octanol–water partition coefficient (Wildman–Crippen LogP) is 8.07. The van der Waals surface area contributed by atoms with Crippen molar-refractivity contribution in [1.82, 2.24) is 14.5 Å². The van der Waals surface area contributed by atoms with Gasteiger partial charge in [0.05, 0.1) is 5.52 Å². The van der Waals surface area contributed by atoms with Crippen molar-refractivity contribution in [3.05, 3.63) is 53.8 Å². The number of nitrogens with zero attached hydrogens (tertiary/aromatic N) is 4. The van der Waals surface area contributed by atoms with Crippen LogP contribution >= 0.6 is 11.6 Å². The highest BCUT2D eigenvalue weighted by atomic mass is 35.5. The zero-order valence-electron chi connectivity index (χ0n) is 20.3. The summed E-state index contributed by atoms with van der Waals surface area (Å²) in [5.74, 6) is 1.69. The van der Waals surface area contributed by atoms with Crippen molar-refractivity contribution in [2.45, 2.75) is 78.2 Å². The maximum atomic E-state index is 13.6. The van der Waals surface area contributed by atoms with E-state index in [0.29, 0.717) is 11.2 Å². The lowest BCUT2D eigenvalue weighted by Crippen LogP contribution is -2.26. The third kappa shape index (κ3) is 7.17. The van der Waals surface area contributed by atoms with Gasteiger partial charge in [0.2, 0.25) is 0 Å². The first-order valence-electron chi connectivity index (χ1n) is 12.5. The highest BCUT2D eigenvalue weighted by Gasteiger charge is 2.20. The number of rotatable bonds is 8. The van der Waals surface area contributed by atoms with Crippen molar-refractivity contribution >= 4 is 28.3 Å². The molecule has 0 atom stereocenters. The molecule has 0 amide bonds. The third-order valence-corrected chi connectivity index (χ3v) is 6.76. The Morgan fingerprint density at radius 3 is 2.52 bits per heavy atom. The van der Waals surface area contributed by atoms with Crippen LogP contribution in [-0.2, 0) is 0 Å². The van der Waals surface area contributed by atoms with E-state index in [-0.39, 0.29) is 5.82 Å². The SMILES string of the molecule is CC1CCC(n2ccc3c(F)cccc32)CC1.CCCCCN(CCC)c1cc(Cl)ncn1. The molecular formula is C27H38ClFN4. The van der Waals surface area contributed by atoms with Gasteiger partial charge in [-0.2, -0.15) is 0 Å². The lowest BCUT2D eigenvalue weighted by molar-refractivity contribution is 0.294. The molecule has 2 heterocycles. The molecule has 1 aliphatic rings. The predicted molar refractivity (Wildman–Crippen MR) is 138 cm³/mol. The Balaban J connectivity index is 0.000000186. The van der Waals surface area contributed by atoms with Gasteiger partial charge in [0.15, 0.2) is 0 Å². The normalized spacial score (nSPS) is 18.1. The molecule has 4 nitrogen and oxygen atoms in total. The second-order valence-corrected chi connectivity index (χ2v) is 9.59. The van der Waals surface area contributed by atoms with Gasteiger partial charge in [0.25, 0.3) is 0 Å². The van der Waals surface area contributed by atoms with Crippen LogP contribution < -0.4 is 4.90 Å². The molecule has 2 aromatic heterocycles. The molecule has 0 aliphatic heterocycles. The van der Waals surface area contributed by atoms with Gasteiger partial charge < -0.3 is 9.47 Å². The lowest BCUT2D eigenvalue weighted by Gasteiger charge is -2.28. The van der Waals surface area contributed by atoms with Crippen molar-refractivity contribution in [2.75, 3.05) is 18.0 Å². The van der Waals surface area contributed by atoms with Crippen molar-refractivity contribution in [2.24, 2.45) is 5.92 Å². The molecule has 0 unspecified atom stereocenters. The molecule has 1 fully saturated rings. The molecule has 33 heavy (non-hydrogen) atoms. The molecule has 0 spiro atoms. The zero-order chi connectivity index (χ0) is 23.6. The summed E-state index contributed by atoms with van der Waals surface area (Å²) in [6.07, 6.45) is 13.4. The number of hydrogen-bond donors (Lipinski definition) is 0. The summed E-state index contributed by atoms with van der Waals surface area (Å²) in [6.45, 7) is 8.79. The van der Waals surface area contributed by atoms with E-state index in [2.05, 4.69) is 46.4 Å². The summed E-state index contributed by atoms with van der Waals surface area (Å²) >= 11 is 5.87. The largest absolute Gasteiger partial charge is 0.356 e. The molecule has 0 bridgehead atoms. The molecular weight excluding hydrogens is 435 g/mol. The number of anilines is 1. The summed E-state index contributed by atoms with van der Waals surface area (Å²) in [6, 6.07) is 9.67. The molecule has 1 aromatic carbocycles. The van der Waals surface area contributed by atoms with Crippen molar-refractivity contribution in [3.63, 3.8) is 0 Å². The Labute approximate surface area is 203 Å². The Kier molecular flexibility index (Phi) is 9.98. The number of unbranched alkanes of at least 4 members (excludes halogenated alkanes) is 2. The molecule has 0 radical (unpaired) electrons. The van der Waals surface area contributed by atoms with Crippen LogP contribution in [0.4, 0.5) is 10.2 Å². The molecule has 1 saturated carbocycles. The molecule has 0 saturated heterocycles. The molecule has 1 aliphatic carbocycles. The highest BCUT2D eigenvalue weighted by Crippen LogP contribution is 2.34. The van der Waals surface area contributed by atoms with Crippen LogP contribution in [0.5, 0.6) is 0 Å². The highest BCUT2D eigenvalue weighted by molar-refractivity contribution is 6.29. The van der Waals surface area contributed by atoms with Crippen LogP contribution in [0.25, 0.3) is 10.9 Å². The van der Waals surface area contributed by atoms with Crippen molar-refractivity contribution in [3.8, 4) is 0 Å². The van der Waals surface area contributed by atoms with Crippen LogP contribution in [0, 0.1) is 11.7 Å². The number of fused-ring (bicyclic) bond motifs is 1. The summed E-state index contributed by atoms with van der Waals surface area (Å²) in [5.41, 5.74) is 1.05. The third-order valence-electron chi connectivity index (χ3n) is 6.56. The van der Waals surface area contributed by atoms with Gasteiger partial charge in [0, 0.05) is 36.8 Å². The van der Waals surface area contributed by atoms with E-state index in [1.54, 1.807) is 6.07 Å². The summed E-state index contributed by atoms with van der Waals surface area (Å²) in [4.78, 5) is 10.5. The van der Waals surface area contributed by atoms with Gasteiger partial charge in [0.1, 0.15) is 23.1 Å².